The third-order valence-electron chi connectivity index (χ3n) is 4.64. The molecule has 0 spiro atoms. The molecular weight excluding hydrogens is 415 g/mol. The fraction of sp³-hybridized carbons (Fsp3) is 0.944. The molecule has 6 heteroatoms. The Labute approximate surface area is 166 Å². The second kappa shape index (κ2) is 11.5. The van der Waals surface area contributed by atoms with Crippen molar-refractivity contribution in [1.82, 2.24) is 15.5 Å². The molecule has 0 saturated heterocycles. The summed E-state index contributed by atoms with van der Waals surface area (Å²) < 4.78 is 5.28. The average molecular weight is 454 g/mol. The van der Waals surface area contributed by atoms with Crippen molar-refractivity contribution in [3.8, 4) is 0 Å². The van der Waals surface area contributed by atoms with Crippen LogP contribution in [0.5, 0.6) is 0 Å². The van der Waals surface area contributed by atoms with Crippen molar-refractivity contribution in [3.05, 3.63) is 0 Å². The summed E-state index contributed by atoms with van der Waals surface area (Å²) in [5.41, 5.74) is 0.585. The number of rotatable bonds is 10. The van der Waals surface area contributed by atoms with Gasteiger partial charge in [-0.1, -0.05) is 20.3 Å². The first-order valence-corrected chi connectivity index (χ1v) is 8.98. The lowest BCUT2D eigenvalue weighted by Gasteiger charge is -2.42. The average Bonchev–Trinajstić information content (AvgIpc) is 2.41. The third kappa shape index (κ3) is 8.85. The Bertz CT molecular complexity index is 368. The Balaban J connectivity index is 0.00000529. The molecule has 1 fully saturated rings. The minimum Gasteiger partial charge on any atom is -0.385 e. The molecule has 2 N–H and O–H groups in total. The van der Waals surface area contributed by atoms with Crippen molar-refractivity contribution in [3.63, 3.8) is 0 Å². The van der Waals surface area contributed by atoms with Crippen molar-refractivity contribution >= 4 is 29.9 Å². The van der Waals surface area contributed by atoms with Gasteiger partial charge in [-0.3, -0.25) is 4.99 Å². The Morgan fingerprint density at radius 2 is 1.92 bits per heavy atom. The lowest BCUT2D eigenvalue weighted by atomic mass is 9.67. The van der Waals surface area contributed by atoms with Crippen LogP contribution in [0.15, 0.2) is 4.99 Å². The van der Waals surface area contributed by atoms with E-state index in [0.29, 0.717) is 5.41 Å². The van der Waals surface area contributed by atoms with Gasteiger partial charge in [-0.25, -0.2) is 0 Å². The molecule has 0 aromatic rings. The van der Waals surface area contributed by atoms with E-state index in [9.17, 15) is 0 Å². The van der Waals surface area contributed by atoms with Crippen LogP contribution in [0.2, 0.25) is 0 Å². The normalized spacial score (nSPS) is 17.2. The molecule has 144 valence electrons. The highest BCUT2D eigenvalue weighted by atomic mass is 127. The number of nitrogens with one attached hydrogen (secondary N) is 2. The van der Waals surface area contributed by atoms with Gasteiger partial charge in [0, 0.05) is 39.9 Å². The Morgan fingerprint density at radius 3 is 2.38 bits per heavy atom. The van der Waals surface area contributed by atoms with Crippen LogP contribution in [0.25, 0.3) is 0 Å². The maximum Gasteiger partial charge on any atom is 0.191 e. The number of hydrogen-bond donors (Lipinski definition) is 2. The summed E-state index contributed by atoms with van der Waals surface area (Å²) in [6.07, 6.45) is 5.08. The van der Waals surface area contributed by atoms with Crippen LogP contribution in [0.3, 0.4) is 0 Å². The zero-order valence-electron chi connectivity index (χ0n) is 16.6. The van der Waals surface area contributed by atoms with Gasteiger partial charge in [-0.15, -0.1) is 24.0 Å². The number of guanidine groups is 1. The van der Waals surface area contributed by atoms with Crippen LogP contribution in [0.1, 0.15) is 46.5 Å². The molecule has 1 saturated carbocycles. The van der Waals surface area contributed by atoms with E-state index in [1.54, 1.807) is 7.11 Å². The van der Waals surface area contributed by atoms with Gasteiger partial charge in [0.2, 0.25) is 0 Å². The summed E-state index contributed by atoms with van der Waals surface area (Å²) in [5.74, 6) is 0.947. The standard InChI is InChI=1S/C18H38N4O.HI/c1-7-19-16(20-13-17(2,3)15-22(4)5)21-14-18(9-8-10-18)11-12-23-6;/h7-15H2,1-6H3,(H2,19,20,21);1H. The summed E-state index contributed by atoms with van der Waals surface area (Å²) in [5, 5.41) is 6.95. The molecule has 24 heavy (non-hydrogen) atoms. The number of ether oxygens (including phenoxy) is 1. The maximum absolute atomic E-state index is 5.28. The minimum atomic E-state index is 0. The Morgan fingerprint density at radius 1 is 1.25 bits per heavy atom. The Kier molecular flexibility index (Phi) is 11.5. The van der Waals surface area contributed by atoms with Crippen LogP contribution in [0, 0.1) is 10.8 Å². The molecule has 0 radical (unpaired) electrons. The molecular formula is C18H39IN4O. The van der Waals surface area contributed by atoms with Crippen LogP contribution in [-0.2, 0) is 4.74 Å². The number of aliphatic imine (C=N–C) groups is 1. The molecule has 0 heterocycles. The quantitative estimate of drug-likeness (QED) is 0.303. The SMILES string of the molecule is CCNC(=NCC(C)(C)CN(C)C)NCC1(CCOC)CCC1.I. The van der Waals surface area contributed by atoms with Gasteiger partial charge in [0.05, 0.1) is 0 Å². The number of nitrogens with zero attached hydrogens (tertiary/aromatic N) is 2. The van der Waals surface area contributed by atoms with E-state index in [-0.39, 0.29) is 29.4 Å². The first-order valence-electron chi connectivity index (χ1n) is 8.98. The molecule has 0 bridgehead atoms. The molecule has 0 aliphatic heterocycles. The van der Waals surface area contributed by atoms with E-state index in [4.69, 9.17) is 9.73 Å². The maximum atomic E-state index is 5.28. The summed E-state index contributed by atoms with van der Waals surface area (Å²) >= 11 is 0. The summed E-state index contributed by atoms with van der Waals surface area (Å²) in [7, 11) is 6.02. The summed E-state index contributed by atoms with van der Waals surface area (Å²) in [6.45, 7) is 11.3. The summed E-state index contributed by atoms with van der Waals surface area (Å²) in [6, 6.07) is 0. The van der Waals surface area contributed by atoms with Gasteiger partial charge in [0.25, 0.3) is 0 Å². The molecule has 0 aromatic heterocycles. The molecule has 1 aliphatic rings. The second-order valence-corrected chi connectivity index (χ2v) is 8.05. The van der Waals surface area contributed by atoms with Gasteiger partial charge in [0.1, 0.15) is 0 Å². The molecule has 1 aliphatic carbocycles. The highest BCUT2D eigenvalue weighted by molar-refractivity contribution is 14.0. The van der Waals surface area contributed by atoms with E-state index < -0.39 is 0 Å². The van der Waals surface area contributed by atoms with E-state index >= 15 is 0 Å². The molecule has 1 rings (SSSR count). The zero-order chi connectivity index (χ0) is 17.3. The van der Waals surface area contributed by atoms with Gasteiger partial charge in [-0.2, -0.15) is 0 Å². The number of methoxy groups -OCH3 is 1. The minimum absolute atomic E-state index is 0. The van der Waals surface area contributed by atoms with Crippen molar-refractivity contribution in [1.29, 1.82) is 0 Å². The van der Waals surface area contributed by atoms with E-state index in [2.05, 4.69) is 50.4 Å². The van der Waals surface area contributed by atoms with Crippen molar-refractivity contribution in [2.45, 2.75) is 46.5 Å². The molecule has 0 atom stereocenters. The predicted molar refractivity (Wildman–Crippen MR) is 115 cm³/mol. The second-order valence-electron chi connectivity index (χ2n) is 8.05. The van der Waals surface area contributed by atoms with Crippen LogP contribution >= 0.6 is 24.0 Å². The zero-order valence-corrected chi connectivity index (χ0v) is 18.9. The smallest absolute Gasteiger partial charge is 0.191 e. The van der Waals surface area contributed by atoms with Crippen LogP contribution in [-0.4, -0.2) is 64.9 Å². The van der Waals surface area contributed by atoms with E-state index in [0.717, 1.165) is 45.2 Å². The van der Waals surface area contributed by atoms with E-state index in [1.165, 1.54) is 19.3 Å². The first-order chi connectivity index (χ1) is 10.8. The van der Waals surface area contributed by atoms with Crippen LogP contribution in [0.4, 0.5) is 0 Å². The van der Waals surface area contributed by atoms with Gasteiger partial charge in [0.15, 0.2) is 5.96 Å². The lowest BCUT2D eigenvalue weighted by Crippen LogP contribution is -2.47. The summed E-state index contributed by atoms with van der Waals surface area (Å²) in [4.78, 5) is 7.04. The van der Waals surface area contributed by atoms with E-state index in [1.807, 2.05) is 0 Å². The van der Waals surface area contributed by atoms with Crippen LogP contribution < -0.4 is 10.6 Å². The highest BCUT2D eigenvalue weighted by Gasteiger charge is 2.36. The van der Waals surface area contributed by atoms with Gasteiger partial charge in [-0.05, 0) is 51.1 Å². The fourth-order valence-electron chi connectivity index (χ4n) is 3.32. The molecule has 5 nitrogen and oxygen atoms in total. The van der Waals surface area contributed by atoms with Crippen molar-refractivity contribution in [2.24, 2.45) is 15.8 Å². The first kappa shape index (κ1) is 23.9. The predicted octanol–water partition coefficient (Wildman–Crippen LogP) is 2.95. The van der Waals surface area contributed by atoms with Crippen molar-refractivity contribution in [2.75, 3.05) is 54.0 Å². The van der Waals surface area contributed by atoms with Gasteiger partial charge >= 0.3 is 0 Å². The molecule has 0 amide bonds. The Hall–Kier alpha value is -0.0800. The fourth-order valence-corrected chi connectivity index (χ4v) is 3.32. The molecule has 0 unspecified atom stereocenters. The number of halogens is 1. The largest absolute Gasteiger partial charge is 0.385 e. The number of hydrogen-bond acceptors (Lipinski definition) is 3. The topological polar surface area (TPSA) is 48.9 Å². The van der Waals surface area contributed by atoms with Crippen molar-refractivity contribution < 1.29 is 4.74 Å². The lowest BCUT2D eigenvalue weighted by molar-refractivity contribution is 0.0732. The molecule has 0 aromatic carbocycles. The van der Waals surface area contributed by atoms with Gasteiger partial charge < -0.3 is 20.3 Å². The third-order valence-corrected chi connectivity index (χ3v) is 4.64. The highest BCUT2D eigenvalue weighted by Crippen LogP contribution is 2.43. The monoisotopic (exact) mass is 454 g/mol.